The molecule has 25 heavy (non-hydrogen) atoms. The summed E-state index contributed by atoms with van der Waals surface area (Å²) in [4.78, 5) is 0. The van der Waals surface area contributed by atoms with Crippen LogP contribution >= 0.6 is 27.0 Å². The minimum absolute atomic E-state index is 0.0954. The van der Waals surface area contributed by atoms with E-state index in [1.165, 1.54) is 0 Å². The van der Waals surface area contributed by atoms with Crippen molar-refractivity contribution in [3.8, 4) is 0 Å². The van der Waals surface area contributed by atoms with Crippen molar-refractivity contribution in [2.45, 2.75) is 33.5 Å². The predicted molar refractivity (Wildman–Crippen MR) is 97.0 cm³/mol. The lowest BCUT2D eigenvalue weighted by Gasteiger charge is -2.29. The summed E-state index contributed by atoms with van der Waals surface area (Å²) in [6, 6.07) is 6.39. The Balaban J connectivity index is 3.33. The van der Waals surface area contributed by atoms with Crippen LogP contribution in [0.5, 0.6) is 0 Å². The summed E-state index contributed by atoms with van der Waals surface area (Å²) < 4.78 is 52.6. The Morgan fingerprint density at radius 2 is 1.28 bits per heavy atom. The van der Waals surface area contributed by atoms with Crippen LogP contribution in [0.2, 0.25) is 5.02 Å². The van der Waals surface area contributed by atoms with E-state index in [2.05, 4.69) is 0 Å². The van der Waals surface area contributed by atoms with Crippen molar-refractivity contribution in [1.82, 2.24) is 0 Å². The summed E-state index contributed by atoms with van der Waals surface area (Å²) in [5.41, 5.74) is 0.425. The monoisotopic (exact) mass is 414 g/mol. The second kappa shape index (κ2) is 10.8. The van der Waals surface area contributed by atoms with Crippen LogP contribution in [0.3, 0.4) is 0 Å². The molecular weight excluding hydrogens is 390 g/mol. The van der Waals surface area contributed by atoms with Gasteiger partial charge in [-0.15, -0.1) is 0 Å². The Labute approximate surface area is 154 Å². The van der Waals surface area contributed by atoms with Crippen LogP contribution in [0.1, 0.15) is 39.1 Å². The fourth-order valence-electron chi connectivity index (χ4n) is 2.00. The van der Waals surface area contributed by atoms with Crippen molar-refractivity contribution in [2.75, 3.05) is 26.4 Å². The van der Waals surface area contributed by atoms with Gasteiger partial charge in [-0.1, -0.05) is 23.7 Å². The van der Waals surface area contributed by atoms with E-state index in [0.717, 1.165) is 0 Å². The molecule has 0 amide bonds. The Bertz CT molecular complexity index is 588. The predicted octanol–water partition coefficient (Wildman–Crippen LogP) is 5.80. The third kappa shape index (κ3) is 6.78. The average molecular weight is 415 g/mol. The maximum absolute atomic E-state index is 13.3. The van der Waals surface area contributed by atoms with E-state index in [4.69, 9.17) is 34.2 Å². The first-order valence-electron chi connectivity index (χ1n) is 8.05. The first kappa shape index (κ1) is 22.8. The van der Waals surface area contributed by atoms with Crippen LogP contribution in [0.4, 0.5) is 0 Å². The molecule has 10 heteroatoms. The molecule has 0 radical (unpaired) electrons. The lowest BCUT2D eigenvalue weighted by molar-refractivity contribution is 0.0893. The van der Waals surface area contributed by atoms with Crippen LogP contribution in [0, 0.1) is 0 Å². The summed E-state index contributed by atoms with van der Waals surface area (Å²) >= 11 is 5.91. The molecule has 0 saturated carbocycles. The highest BCUT2D eigenvalue weighted by atomic mass is 35.5. The molecule has 1 aromatic carbocycles. The quantitative estimate of drug-likeness (QED) is 0.399. The molecule has 0 aliphatic rings. The molecule has 0 bridgehead atoms. The SMILES string of the molecule is CCOP(=O)(OCC)OC(c1ccc(Cl)cc1)P(=O)(OCC)OCC. The first-order chi connectivity index (χ1) is 11.8. The molecule has 7 nitrogen and oxygen atoms in total. The third-order valence-electron chi connectivity index (χ3n) is 2.86. The Morgan fingerprint density at radius 1 is 0.840 bits per heavy atom. The van der Waals surface area contributed by atoms with Gasteiger partial charge in [-0.3, -0.25) is 18.1 Å². The molecule has 144 valence electrons. The number of phosphoric ester groups is 1. The summed E-state index contributed by atoms with van der Waals surface area (Å²) in [5.74, 6) is -1.28. The maximum atomic E-state index is 13.3. The molecule has 1 rings (SSSR count). The Kier molecular flexibility index (Phi) is 9.86. The number of hydrogen-bond acceptors (Lipinski definition) is 7. The van der Waals surface area contributed by atoms with Gasteiger partial charge < -0.3 is 9.05 Å². The van der Waals surface area contributed by atoms with E-state index in [9.17, 15) is 9.13 Å². The minimum atomic E-state index is -3.96. The van der Waals surface area contributed by atoms with Gasteiger partial charge in [-0.2, -0.15) is 0 Å². The van der Waals surface area contributed by atoms with Gasteiger partial charge in [0, 0.05) is 5.02 Å². The van der Waals surface area contributed by atoms with Crippen molar-refractivity contribution < 1.29 is 31.7 Å². The van der Waals surface area contributed by atoms with E-state index in [1.54, 1.807) is 52.0 Å². The smallest absolute Gasteiger partial charge is 0.307 e. The van der Waals surface area contributed by atoms with E-state index < -0.39 is 21.3 Å². The van der Waals surface area contributed by atoms with Gasteiger partial charge in [-0.05, 0) is 45.4 Å². The van der Waals surface area contributed by atoms with Crippen LogP contribution in [0.25, 0.3) is 0 Å². The van der Waals surface area contributed by atoms with Crippen molar-refractivity contribution in [1.29, 1.82) is 0 Å². The number of benzene rings is 1. The summed E-state index contributed by atoms with van der Waals surface area (Å²) in [6.07, 6.45) is 0. The number of phosphoric acid groups is 1. The molecule has 0 fully saturated rings. The molecule has 0 heterocycles. The lowest BCUT2D eigenvalue weighted by Crippen LogP contribution is -2.12. The van der Waals surface area contributed by atoms with Crippen LogP contribution in [0.15, 0.2) is 24.3 Å². The van der Waals surface area contributed by atoms with E-state index in [-0.39, 0.29) is 26.4 Å². The second-order valence-electron chi connectivity index (χ2n) is 4.67. The van der Waals surface area contributed by atoms with Gasteiger partial charge in [0.2, 0.25) is 0 Å². The summed E-state index contributed by atoms with van der Waals surface area (Å²) in [5, 5.41) is 0.489. The minimum Gasteiger partial charge on any atom is -0.307 e. The first-order valence-corrected chi connectivity index (χ1v) is 11.5. The van der Waals surface area contributed by atoms with Crippen LogP contribution in [-0.2, 0) is 31.7 Å². The number of rotatable bonds is 12. The molecule has 0 saturated heterocycles. The van der Waals surface area contributed by atoms with E-state index in [1.807, 2.05) is 0 Å². The topological polar surface area (TPSA) is 80.3 Å². The Morgan fingerprint density at radius 3 is 1.68 bits per heavy atom. The largest absolute Gasteiger partial charge is 0.475 e. The number of hydrogen-bond donors (Lipinski definition) is 0. The molecule has 0 aliphatic heterocycles. The molecule has 0 aromatic heterocycles. The van der Waals surface area contributed by atoms with Gasteiger partial charge in [-0.25, -0.2) is 4.57 Å². The molecular formula is C15H25ClO7P2. The number of halogens is 1. The van der Waals surface area contributed by atoms with Crippen LogP contribution in [-0.4, -0.2) is 26.4 Å². The standard InChI is InChI=1S/C15H25ClO7P2/c1-5-19-24(17,20-6-2)15(13-9-11-14(16)12-10-13)23-25(18,21-7-3)22-8-4/h9-12,15H,5-8H2,1-4H3. The molecule has 1 atom stereocenters. The van der Waals surface area contributed by atoms with Crippen molar-refractivity contribution in [2.24, 2.45) is 0 Å². The van der Waals surface area contributed by atoms with Crippen LogP contribution < -0.4 is 0 Å². The zero-order chi connectivity index (χ0) is 18.9. The fourth-order valence-corrected chi connectivity index (χ4v) is 5.73. The molecule has 0 spiro atoms. The maximum Gasteiger partial charge on any atom is 0.475 e. The highest BCUT2D eigenvalue weighted by molar-refractivity contribution is 7.55. The Hall–Kier alpha value is -0.230. The van der Waals surface area contributed by atoms with Gasteiger partial charge in [0.1, 0.15) is 0 Å². The van der Waals surface area contributed by atoms with Gasteiger partial charge >= 0.3 is 15.4 Å². The fraction of sp³-hybridized carbons (Fsp3) is 0.600. The zero-order valence-corrected chi connectivity index (χ0v) is 17.4. The second-order valence-corrected chi connectivity index (χ2v) is 8.79. The summed E-state index contributed by atoms with van der Waals surface area (Å²) in [7, 11) is -7.77. The van der Waals surface area contributed by atoms with E-state index >= 15 is 0 Å². The van der Waals surface area contributed by atoms with Gasteiger partial charge in [0.15, 0.2) is 5.85 Å². The highest BCUT2D eigenvalue weighted by Crippen LogP contribution is 2.67. The average Bonchev–Trinajstić information content (AvgIpc) is 2.54. The molecule has 0 aliphatic carbocycles. The normalized spacial score (nSPS) is 13.8. The van der Waals surface area contributed by atoms with Gasteiger partial charge in [0.05, 0.1) is 26.4 Å². The third-order valence-corrected chi connectivity index (χ3v) is 7.11. The molecule has 1 aromatic rings. The summed E-state index contributed by atoms with van der Waals surface area (Å²) in [6.45, 7) is 7.09. The molecule has 0 N–H and O–H groups in total. The van der Waals surface area contributed by atoms with Crippen molar-refractivity contribution in [3.63, 3.8) is 0 Å². The van der Waals surface area contributed by atoms with Gasteiger partial charge in [0.25, 0.3) is 0 Å². The van der Waals surface area contributed by atoms with Crippen molar-refractivity contribution >= 4 is 27.0 Å². The highest BCUT2D eigenvalue weighted by Gasteiger charge is 2.44. The van der Waals surface area contributed by atoms with E-state index in [0.29, 0.717) is 10.6 Å². The lowest BCUT2D eigenvalue weighted by atomic mass is 10.2. The van der Waals surface area contributed by atoms with Crippen molar-refractivity contribution in [3.05, 3.63) is 34.9 Å². The molecule has 1 unspecified atom stereocenters. The zero-order valence-electron chi connectivity index (χ0n) is 14.8.